The van der Waals surface area contributed by atoms with Crippen LogP contribution in [0.2, 0.25) is 0 Å². The number of amides is 2. The van der Waals surface area contributed by atoms with E-state index in [1.54, 1.807) is 11.9 Å². The number of rotatable bonds is 3. The van der Waals surface area contributed by atoms with Crippen molar-refractivity contribution in [1.29, 1.82) is 0 Å². The van der Waals surface area contributed by atoms with Crippen LogP contribution in [0.4, 0.5) is 5.69 Å². The Balaban J connectivity index is 1.71. The van der Waals surface area contributed by atoms with Crippen LogP contribution in [0.5, 0.6) is 0 Å². The molecular formula is C19H27N3O2. The summed E-state index contributed by atoms with van der Waals surface area (Å²) in [6, 6.07) is 9.46. The molecule has 5 heteroatoms. The van der Waals surface area contributed by atoms with E-state index >= 15 is 0 Å². The number of anilines is 1. The second-order valence-electron chi connectivity index (χ2n) is 7.06. The fourth-order valence-corrected chi connectivity index (χ4v) is 3.97. The summed E-state index contributed by atoms with van der Waals surface area (Å²) in [5.41, 5.74) is 6.93. The standard InChI is InChI=1S/C19H27N3O2/c1-21(18(23)14-7-5-8-15(20)13-14)17-11-6-12-22(19(17)24)16-9-3-2-4-10-16/h2-4,9-10,14-15,17H,5-8,11-13,20H2,1H3. The molecule has 3 atom stereocenters. The molecule has 2 aliphatic rings. The lowest BCUT2D eigenvalue weighted by Gasteiger charge is -2.39. The zero-order valence-corrected chi connectivity index (χ0v) is 14.4. The van der Waals surface area contributed by atoms with E-state index in [1.165, 1.54) is 0 Å². The molecule has 2 N–H and O–H groups in total. The number of carbonyl (C=O) groups excluding carboxylic acids is 2. The Kier molecular flexibility index (Phi) is 5.19. The van der Waals surface area contributed by atoms with E-state index in [1.807, 2.05) is 35.2 Å². The smallest absolute Gasteiger partial charge is 0.249 e. The molecule has 1 aliphatic heterocycles. The van der Waals surface area contributed by atoms with Crippen molar-refractivity contribution in [3.05, 3.63) is 30.3 Å². The third-order valence-electron chi connectivity index (χ3n) is 5.36. The average molecular weight is 329 g/mol. The summed E-state index contributed by atoms with van der Waals surface area (Å²) < 4.78 is 0. The number of carbonyl (C=O) groups is 2. The molecule has 0 aromatic heterocycles. The van der Waals surface area contributed by atoms with Gasteiger partial charge in [0.2, 0.25) is 11.8 Å². The van der Waals surface area contributed by atoms with Gasteiger partial charge in [0, 0.05) is 31.2 Å². The van der Waals surface area contributed by atoms with Crippen molar-refractivity contribution in [2.75, 3.05) is 18.5 Å². The summed E-state index contributed by atoms with van der Waals surface area (Å²) in [5, 5.41) is 0. The van der Waals surface area contributed by atoms with Gasteiger partial charge in [0.25, 0.3) is 0 Å². The van der Waals surface area contributed by atoms with E-state index in [4.69, 9.17) is 5.73 Å². The van der Waals surface area contributed by atoms with E-state index in [0.717, 1.165) is 50.8 Å². The first-order valence-corrected chi connectivity index (χ1v) is 8.96. The molecule has 1 aromatic carbocycles. The molecule has 0 spiro atoms. The van der Waals surface area contributed by atoms with Crippen molar-refractivity contribution in [2.45, 2.75) is 50.6 Å². The SMILES string of the molecule is CN(C(=O)C1CCCC(N)C1)C1CCCN(c2ccccc2)C1=O. The van der Waals surface area contributed by atoms with Gasteiger partial charge in [0.15, 0.2) is 0 Å². The highest BCUT2D eigenvalue weighted by atomic mass is 16.2. The van der Waals surface area contributed by atoms with Gasteiger partial charge in [-0.2, -0.15) is 0 Å². The Morgan fingerprint density at radius 1 is 1.17 bits per heavy atom. The first-order chi connectivity index (χ1) is 11.6. The predicted molar refractivity (Wildman–Crippen MR) is 94.5 cm³/mol. The van der Waals surface area contributed by atoms with Crippen molar-refractivity contribution in [2.24, 2.45) is 11.7 Å². The van der Waals surface area contributed by atoms with Gasteiger partial charge in [0.1, 0.15) is 6.04 Å². The third kappa shape index (κ3) is 3.46. The lowest BCUT2D eigenvalue weighted by Crippen LogP contribution is -2.54. The van der Waals surface area contributed by atoms with Crippen LogP contribution < -0.4 is 10.6 Å². The molecule has 1 saturated carbocycles. The summed E-state index contributed by atoms with van der Waals surface area (Å²) in [6.45, 7) is 0.718. The van der Waals surface area contributed by atoms with Crippen LogP contribution >= 0.6 is 0 Å². The van der Waals surface area contributed by atoms with Crippen molar-refractivity contribution in [1.82, 2.24) is 4.90 Å². The molecular weight excluding hydrogens is 302 g/mol. The lowest BCUT2D eigenvalue weighted by molar-refractivity contribution is -0.143. The summed E-state index contributed by atoms with van der Waals surface area (Å²) in [5.74, 6) is 0.0838. The Morgan fingerprint density at radius 2 is 1.92 bits per heavy atom. The third-order valence-corrected chi connectivity index (χ3v) is 5.36. The van der Waals surface area contributed by atoms with Gasteiger partial charge < -0.3 is 15.5 Å². The van der Waals surface area contributed by atoms with Crippen LogP contribution in [0.1, 0.15) is 38.5 Å². The maximum absolute atomic E-state index is 12.9. The molecule has 1 saturated heterocycles. The van der Waals surface area contributed by atoms with E-state index in [9.17, 15) is 9.59 Å². The highest BCUT2D eigenvalue weighted by Gasteiger charge is 2.37. The summed E-state index contributed by atoms with van der Waals surface area (Å²) in [6.07, 6.45) is 5.28. The monoisotopic (exact) mass is 329 g/mol. The zero-order chi connectivity index (χ0) is 17.1. The van der Waals surface area contributed by atoms with Crippen molar-refractivity contribution < 1.29 is 9.59 Å². The molecule has 0 radical (unpaired) electrons. The van der Waals surface area contributed by atoms with Crippen LogP contribution in [-0.4, -0.2) is 42.4 Å². The second kappa shape index (κ2) is 7.34. The zero-order valence-electron chi connectivity index (χ0n) is 14.4. The molecule has 1 aromatic rings. The number of nitrogens with two attached hydrogens (primary N) is 1. The summed E-state index contributed by atoms with van der Waals surface area (Å²) in [7, 11) is 1.78. The molecule has 0 bridgehead atoms. The lowest BCUT2D eigenvalue weighted by atomic mass is 9.85. The molecule has 130 valence electrons. The van der Waals surface area contributed by atoms with Gasteiger partial charge >= 0.3 is 0 Å². The van der Waals surface area contributed by atoms with Crippen LogP contribution in [-0.2, 0) is 9.59 Å². The number of nitrogens with zero attached hydrogens (tertiary/aromatic N) is 2. The number of piperidine rings is 1. The van der Waals surface area contributed by atoms with Gasteiger partial charge in [-0.3, -0.25) is 9.59 Å². The topological polar surface area (TPSA) is 66.6 Å². The van der Waals surface area contributed by atoms with Crippen LogP contribution in [0, 0.1) is 5.92 Å². The first kappa shape index (κ1) is 17.0. The minimum atomic E-state index is -0.357. The van der Waals surface area contributed by atoms with Crippen LogP contribution in [0.3, 0.4) is 0 Å². The maximum atomic E-state index is 12.9. The highest BCUT2D eigenvalue weighted by molar-refractivity contribution is 6.00. The average Bonchev–Trinajstić information content (AvgIpc) is 2.61. The number of likely N-dealkylation sites (N-methyl/N-ethyl adjacent to an activating group) is 1. The molecule has 1 heterocycles. The molecule has 3 unspecified atom stereocenters. The minimum Gasteiger partial charge on any atom is -0.333 e. The number of hydrogen-bond acceptors (Lipinski definition) is 3. The van der Waals surface area contributed by atoms with Gasteiger partial charge in [-0.25, -0.2) is 0 Å². The first-order valence-electron chi connectivity index (χ1n) is 8.96. The highest BCUT2D eigenvalue weighted by Crippen LogP contribution is 2.28. The fraction of sp³-hybridized carbons (Fsp3) is 0.579. The Hall–Kier alpha value is -1.88. The van der Waals surface area contributed by atoms with Gasteiger partial charge in [-0.05, 0) is 44.2 Å². The normalized spacial score (nSPS) is 27.8. The van der Waals surface area contributed by atoms with Gasteiger partial charge in [-0.1, -0.05) is 24.6 Å². The van der Waals surface area contributed by atoms with Crippen LogP contribution in [0.15, 0.2) is 30.3 Å². The van der Waals surface area contributed by atoms with Gasteiger partial charge in [-0.15, -0.1) is 0 Å². The minimum absolute atomic E-state index is 0.0290. The van der Waals surface area contributed by atoms with E-state index in [2.05, 4.69) is 0 Å². The second-order valence-corrected chi connectivity index (χ2v) is 7.06. The fourth-order valence-electron chi connectivity index (χ4n) is 3.97. The molecule has 1 aliphatic carbocycles. The summed E-state index contributed by atoms with van der Waals surface area (Å²) >= 11 is 0. The molecule has 2 amide bonds. The number of para-hydroxylation sites is 1. The summed E-state index contributed by atoms with van der Waals surface area (Å²) in [4.78, 5) is 29.2. The number of hydrogen-bond donors (Lipinski definition) is 1. The van der Waals surface area contributed by atoms with Gasteiger partial charge in [0.05, 0.1) is 0 Å². The number of benzene rings is 1. The maximum Gasteiger partial charge on any atom is 0.249 e. The largest absolute Gasteiger partial charge is 0.333 e. The van der Waals surface area contributed by atoms with Crippen molar-refractivity contribution in [3.8, 4) is 0 Å². The predicted octanol–water partition coefficient (Wildman–Crippen LogP) is 2.16. The molecule has 3 rings (SSSR count). The van der Waals surface area contributed by atoms with Crippen molar-refractivity contribution in [3.63, 3.8) is 0 Å². The Labute approximate surface area is 143 Å². The Morgan fingerprint density at radius 3 is 2.62 bits per heavy atom. The van der Waals surface area contributed by atoms with Crippen molar-refractivity contribution >= 4 is 17.5 Å². The Bertz CT molecular complexity index is 590. The molecule has 2 fully saturated rings. The van der Waals surface area contributed by atoms with Crippen LogP contribution in [0.25, 0.3) is 0 Å². The van der Waals surface area contributed by atoms with E-state index in [-0.39, 0.29) is 29.8 Å². The molecule has 24 heavy (non-hydrogen) atoms. The quantitative estimate of drug-likeness (QED) is 0.924. The van der Waals surface area contributed by atoms with E-state index < -0.39 is 0 Å². The van der Waals surface area contributed by atoms with E-state index in [0.29, 0.717) is 0 Å². The molecule has 5 nitrogen and oxygen atoms in total.